The molecule has 0 bridgehead atoms. The summed E-state index contributed by atoms with van der Waals surface area (Å²) in [6.07, 6.45) is 1.63. The maximum absolute atomic E-state index is 12.3. The van der Waals surface area contributed by atoms with Crippen LogP contribution in [0.25, 0.3) is 0 Å². The van der Waals surface area contributed by atoms with Crippen molar-refractivity contribution in [1.29, 1.82) is 0 Å². The number of aliphatic hydroxyl groups is 1. The second kappa shape index (κ2) is 7.12. The molecule has 0 radical (unpaired) electrons. The van der Waals surface area contributed by atoms with Crippen molar-refractivity contribution < 1.29 is 13.5 Å². The van der Waals surface area contributed by atoms with E-state index in [2.05, 4.69) is 9.71 Å². The van der Waals surface area contributed by atoms with Crippen molar-refractivity contribution in [2.45, 2.75) is 44.2 Å². The zero-order chi connectivity index (χ0) is 17.2. The van der Waals surface area contributed by atoms with E-state index in [1.807, 2.05) is 26.0 Å². The van der Waals surface area contributed by atoms with E-state index in [0.29, 0.717) is 13.0 Å². The van der Waals surface area contributed by atoms with Crippen LogP contribution in [-0.4, -0.2) is 29.6 Å². The van der Waals surface area contributed by atoms with Crippen LogP contribution in [0.2, 0.25) is 0 Å². The lowest BCUT2D eigenvalue weighted by atomic mass is 10.2. The zero-order valence-corrected chi connectivity index (χ0v) is 15.4. The number of sulfonamides is 1. The fraction of sp³-hybridized carbons (Fsp3) is 0.533. The number of nitrogens with zero attached hydrogens (tertiary/aromatic N) is 2. The number of aromatic nitrogens is 2. The molecule has 0 amide bonds. The molecule has 2 aromatic heterocycles. The zero-order valence-electron chi connectivity index (χ0n) is 13.8. The fourth-order valence-electron chi connectivity index (χ4n) is 2.25. The third kappa shape index (κ3) is 4.41. The summed E-state index contributed by atoms with van der Waals surface area (Å²) < 4.78 is 28.9. The van der Waals surface area contributed by atoms with Gasteiger partial charge in [-0.3, -0.25) is 0 Å². The van der Waals surface area contributed by atoms with E-state index in [4.69, 9.17) is 0 Å². The minimum Gasteiger partial charge on any atom is -0.388 e. The molecule has 0 aromatic carbocycles. The number of imidazole rings is 1. The first-order valence-corrected chi connectivity index (χ1v) is 9.80. The Labute approximate surface area is 141 Å². The van der Waals surface area contributed by atoms with E-state index in [-0.39, 0.29) is 10.9 Å². The molecule has 1 atom stereocenters. The second-order valence-corrected chi connectivity index (χ2v) is 8.74. The summed E-state index contributed by atoms with van der Waals surface area (Å²) in [5.74, 6) is 0.902. The lowest BCUT2D eigenvalue weighted by Crippen LogP contribution is -2.26. The highest BCUT2D eigenvalue weighted by molar-refractivity contribution is 7.89. The van der Waals surface area contributed by atoms with Gasteiger partial charge in [0.1, 0.15) is 5.82 Å². The number of thiophene rings is 1. The molecular formula is C15H23N3O3S2. The summed E-state index contributed by atoms with van der Waals surface area (Å²) in [5, 5.41) is 9.56. The Hall–Kier alpha value is -1.22. The standard InChI is InChI=1S/C15H23N3O3S2/c1-10(2)15-17-14(9-18(15)4)23(20,21)16-8-7-12-5-6-13(22-12)11(3)19/h5-6,9-11,16,19H,7-8H2,1-4H3/t11-/m0/s1. The first-order chi connectivity index (χ1) is 10.7. The SMILES string of the molecule is CC(C)c1nc(S(=O)(=O)NCCc2ccc([C@H](C)O)s2)cn1C. The average molecular weight is 358 g/mol. The summed E-state index contributed by atoms with van der Waals surface area (Å²) in [6, 6.07) is 3.78. The molecule has 0 aliphatic carbocycles. The van der Waals surface area contributed by atoms with Gasteiger partial charge in [0.25, 0.3) is 10.0 Å². The number of rotatable bonds is 7. The Balaban J connectivity index is 1.99. The van der Waals surface area contributed by atoms with Crippen LogP contribution in [0.5, 0.6) is 0 Å². The van der Waals surface area contributed by atoms with Crippen LogP contribution in [0.1, 0.15) is 48.4 Å². The minimum atomic E-state index is -3.60. The van der Waals surface area contributed by atoms with Crippen LogP contribution < -0.4 is 4.72 Å². The monoisotopic (exact) mass is 357 g/mol. The number of nitrogens with one attached hydrogen (secondary N) is 1. The van der Waals surface area contributed by atoms with Gasteiger partial charge in [-0.1, -0.05) is 13.8 Å². The highest BCUT2D eigenvalue weighted by atomic mass is 32.2. The molecule has 0 aliphatic rings. The molecule has 0 spiro atoms. The van der Waals surface area contributed by atoms with E-state index in [1.54, 1.807) is 18.5 Å². The summed E-state index contributed by atoms with van der Waals surface area (Å²) in [6.45, 7) is 5.97. The van der Waals surface area contributed by atoms with Gasteiger partial charge >= 0.3 is 0 Å². The first kappa shape index (κ1) is 18.1. The third-order valence-corrected chi connectivity index (χ3v) is 6.09. The lowest BCUT2D eigenvalue weighted by Gasteiger charge is -2.03. The summed E-state index contributed by atoms with van der Waals surface area (Å²) in [7, 11) is -1.81. The minimum absolute atomic E-state index is 0.0551. The Morgan fingerprint density at radius 3 is 2.57 bits per heavy atom. The van der Waals surface area contributed by atoms with Crippen LogP contribution in [-0.2, 0) is 23.5 Å². The molecule has 2 aromatic rings. The molecule has 0 saturated carbocycles. The van der Waals surface area contributed by atoms with Crippen molar-refractivity contribution >= 4 is 21.4 Å². The normalized spacial score (nSPS) is 13.7. The molecule has 2 heterocycles. The molecule has 8 heteroatoms. The van der Waals surface area contributed by atoms with Gasteiger partial charge in [0.2, 0.25) is 0 Å². The van der Waals surface area contributed by atoms with Crippen LogP contribution in [0.15, 0.2) is 23.4 Å². The van der Waals surface area contributed by atoms with E-state index in [9.17, 15) is 13.5 Å². The van der Waals surface area contributed by atoms with Crippen molar-refractivity contribution in [3.8, 4) is 0 Å². The Kier molecular flexibility index (Phi) is 5.61. The summed E-state index contributed by atoms with van der Waals surface area (Å²) in [5.41, 5.74) is 0. The van der Waals surface area contributed by atoms with Crippen molar-refractivity contribution in [2.24, 2.45) is 7.05 Å². The third-order valence-electron chi connectivity index (χ3n) is 3.44. The predicted octanol–water partition coefficient (Wildman–Crippen LogP) is 2.18. The van der Waals surface area contributed by atoms with E-state index in [0.717, 1.165) is 15.6 Å². The van der Waals surface area contributed by atoms with Gasteiger partial charge in [-0.05, 0) is 25.5 Å². The van der Waals surface area contributed by atoms with Crippen molar-refractivity contribution in [3.05, 3.63) is 33.9 Å². The quantitative estimate of drug-likeness (QED) is 0.795. The maximum atomic E-state index is 12.3. The summed E-state index contributed by atoms with van der Waals surface area (Å²) >= 11 is 1.49. The topological polar surface area (TPSA) is 84.2 Å². The van der Waals surface area contributed by atoms with Crippen LogP contribution in [0.4, 0.5) is 0 Å². The van der Waals surface area contributed by atoms with Gasteiger partial charge in [0.15, 0.2) is 5.03 Å². The molecule has 0 fully saturated rings. The van der Waals surface area contributed by atoms with Crippen molar-refractivity contribution in [1.82, 2.24) is 14.3 Å². The second-order valence-electron chi connectivity index (χ2n) is 5.83. The molecule has 0 unspecified atom stereocenters. The van der Waals surface area contributed by atoms with Crippen molar-refractivity contribution in [3.63, 3.8) is 0 Å². The summed E-state index contributed by atoms with van der Waals surface area (Å²) in [4.78, 5) is 6.13. The van der Waals surface area contributed by atoms with Gasteiger partial charge in [0, 0.05) is 35.5 Å². The molecule has 2 rings (SSSR count). The maximum Gasteiger partial charge on any atom is 0.259 e. The van der Waals surface area contributed by atoms with Gasteiger partial charge in [0.05, 0.1) is 6.10 Å². The Bertz CT molecular complexity index is 761. The molecular weight excluding hydrogens is 334 g/mol. The van der Waals surface area contributed by atoms with Crippen LogP contribution >= 0.6 is 11.3 Å². The Morgan fingerprint density at radius 2 is 2.04 bits per heavy atom. The predicted molar refractivity (Wildman–Crippen MR) is 91.1 cm³/mol. The largest absolute Gasteiger partial charge is 0.388 e. The average Bonchev–Trinajstić information content (AvgIpc) is 3.05. The lowest BCUT2D eigenvalue weighted by molar-refractivity contribution is 0.203. The fourth-order valence-corrected chi connectivity index (χ4v) is 4.23. The highest BCUT2D eigenvalue weighted by Crippen LogP contribution is 2.23. The Morgan fingerprint density at radius 1 is 1.35 bits per heavy atom. The molecule has 0 aliphatic heterocycles. The number of aryl methyl sites for hydroxylation is 1. The molecule has 6 nitrogen and oxygen atoms in total. The van der Waals surface area contributed by atoms with E-state index in [1.165, 1.54) is 17.5 Å². The van der Waals surface area contributed by atoms with Gasteiger partial charge in [-0.25, -0.2) is 18.1 Å². The first-order valence-electron chi connectivity index (χ1n) is 7.50. The highest BCUT2D eigenvalue weighted by Gasteiger charge is 2.20. The number of aliphatic hydroxyl groups excluding tert-OH is 1. The smallest absolute Gasteiger partial charge is 0.259 e. The van der Waals surface area contributed by atoms with E-state index >= 15 is 0 Å². The van der Waals surface area contributed by atoms with Crippen LogP contribution in [0.3, 0.4) is 0 Å². The number of hydrogen-bond donors (Lipinski definition) is 2. The van der Waals surface area contributed by atoms with Gasteiger partial charge < -0.3 is 9.67 Å². The number of hydrogen-bond acceptors (Lipinski definition) is 5. The molecule has 0 saturated heterocycles. The molecule has 128 valence electrons. The van der Waals surface area contributed by atoms with E-state index < -0.39 is 16.1 Å². The van der Waals surface area contributed by atoms with Crippen LogP contribution in [0, 0.1) is 0 Å². The van der Waals surface area contributed by atoms with Crippen molar-refractivity contribution in [2.75, 3.05) is 6.54 Å². The van der Waals surface area contributed by atoms with Gasteiger partial charge in [-0.15, -0.1) is 11.3 Å². The molecule has 2 N–H and O–H groups in total. The van der Waals surface area contributed by atoms with Gasteiger partial charge in [-0.2, -0.15) is 0 Å². The molecule has 23 heavy (non-hydrogen) atoms.